The van der Waals surface area contributed by atoms with Crippen molar-refractivity contribution >= 4 is 23.3 Å². The first-order chi connectivity index (χ1) is 14.4. The lowest BCUT2D eigenvalue weighted by atomic mass is 9.77. The van der Waals surface area contributed by atoms with Crippen molar-refractivity contribution in [2.24, 2.45) is 11.8 Å². The number of carbonyl (C=O) groups excluding carboxylic acids is 2. The lowest BCUT2D eigenvalue weighted by Gasteiger charge is -2.23. The van der Waals surface area contributed by atoms with Crippen molar-refractivity contribution in [2.75, 3.05) is 31.0 Å². The maximum Gasteiger partial charge on any atom is 0.235 e. The molecule has 156 valence electrons. The lowest BCUT2D eigenvalue weighted by molar-refractivity contribution is -0.128. The molecule has 0 radical (unpaired) electrons. The number of carbonyl (C=O) groups is 2. The zero-order valence-corrected chi connectivity index (χ0v) is 16.7. The number of aryl methyl sites for hydroxylation is 1. The van der Waals surface area contributed by atoms with Crippen LogP contribution in [0.15, 0.2) is 40.9 Å². The Labute approximate surface area is 172 Å². The molecule has 4 atom stereocenters. The topological polar surface area (TPSA) is 103 Å². The van der Waals surface area contributed by atoms with Gasteiger partial charge < -0.3 is 24.1 Å². The number of anilines is 2. The summed E-state index contributed by atoms with van der Waals surface area (Å²) in [5.41, 5.74) is -0.311. The number of fused-ring (bicyclic) bond motifs is 1. The monoisotopic (exact) mass is 411 g/mol. The summed E-state index contributed by atoms with van der Waals surface area (Å²) in [6, 6.07) is 6.80. The zero-order valence-electron chi connectivity index (χ0n) is 16.7. The normalized spacial score (nSPS) is 28.7. The van der Waals surface area contributed by atoms with Gasteiger partial charge in [-0.15, -0.1) is 0 Å². The van der Waals surface area contributed by atoms with E-state index in [1.807, 2.05) is 12.2 Å². The number of nitrogens with zero attached hydrogens (tertiary/aromatic N) is 2. The Hall–Kier alpha value is -3.33. The third-order valence-electron chi connectivity index (χ3n) is 5.91. The van der Waals surface area contributed by atoms with E-state index in [4.69, 9.17) is 18.7 Å². The first-order valence-corrected chi connectivity index (χ1v) is 9.60. The van der Waals surface area contributed by atoms with Crippen LogP contribution >= 0.6 is 0 Å². The highest BCUT2D eigenvalue weighted by atomic mass is 16.5. The zero-order chi connectivity index (χ0) is 21.0. The van der Waals surface area contributed by atoms with Gasteiger partial charge in [-0.3, -0.25) is 14.5 Å². The molecule has 1 spiro atoms. The molecule has 2 amide bonds. The molecule has 9 nitrogen and oxygen atoms in total. The van der Waals surface area contributed by atoms with Gasteiger partial charge in [-0.1, -0.05) is 17.3 Å². The molecule has 2 bridgehead atoms. The van der Waals surface area contributed by atoms with Gasteiger partial charge in [-0.25, -0.2) is 0 Å². The minimum Gasteiger partial charge on any atom is -0.497 e. The van der Waals surface area contributed by atoms with Crippen LogP contribution in [-0.4, -0.2) is 49.4 Å². The van der Waals surface area contributed by atoms with Crippen LogP contribution in [0.4, 0.5) is 11.5 Å². The van der Waals surface area contributed by atoms with Crippen LogP contribution in [0.25, 0.3) is 0 Å². The van der Waals surface area contributed by atoms with Crippen molar-refractivity contribution in [3.05, 3.63) is 42.2 Å². The minimum absolute atomic E-state index is 0.196. The quantitative estimate of drug-likeness (QED) is 0.750. The van der Waals surface area contributed by atoms with E-state index in [2.05, 4.69) is 10.5 Å². The number of ether oxygens (including phenoxy) is 3. The number of amides is 2. The van der Waals surface area contributed by atoms with E-state index in [1.165, 1.54) is 19.1 Å². The van der Waals surface area contributed by atoms with Gasteiger partial charge in [0.2, 0.25) is 11.8 Å². The maximum atomic E-state index is 13.3. The highest BCUT2D eigenvalue weighted by Crippen LogP contribution is 2.52. The number of nitrogens with one attached hydrogen (secondary N) is 1. The van der Waals surface area contributed by atoms with Crippen LogP contribution in [0.2, 0.25) is 0 Å². The van der Waals surface area contributed by atoms with Crippen LogP contribution in [0.5, 0.6) is 11.5 Å². The van der Waals surface area contributed by atoms with E-state index in [9.17, 15) is 9.59 Å². The average molecular weight is 411 g/mol. The molecule has 9 heteroatoms. The molecule has 0 aliphatic carbocycles. The molecule has 4 heterocycles. The van der Waals surface area contributed by atoms with Crippen molar-refractivity contribution in [3.63, 3.8) is 0 Å². The van der Waals surface area contributed by atoms with E-state index in [1.54, 1.807) is 31.2 Å². The summed E-state index contributed by atoms with van der Waals surface area (Å²) in [6.45, 7) is 2.06. The Morgan fingerprint density at radius 1 is 1.23 bits per heavy atom. The van der Waals surface area contributed by atoms with Crippen LogP contribution < -0.4 is 19.7 Å². The molecular weight excluding hydrogens is 390 g/mol. The summed E-state index contributed by atoms with van der Waals surface area (Å²) in [4.78, 5) is 28.0. The fourth-order valence-electron chi connectivity index (χ4n) is 4.58. The number of hydrogen-bond acceptors (Lipinski definition) is 7. The summed E-state index contributed by atoms with van der Waals surface area (Å²) in [6.07, 6.45) is 3.30. The van der Waals surface area contributed by atoms with Crippen LogP contribution in [-0.2, 0) is 14.3 Å². The third-order valence-corrected chi connectivity index (χ3v) is 5.91. The molecule has 5 rings (SSSR count). The molecule has 1 aromatic heterocycles. The second kappa shape index (κ2) is 6.60. The molecule has 3 aliphatic rings. The van der Waals surface area contributed by atoms with Gasteiger partial charge in [0.1, 0.15) is 22.9 Å². The Kier molecular flexibility index (Phi) is 4.11. The Morgan fingerprint density at radius 2 is 1.97 bits per heavy atom. The van der Waals surface area contributed by atoms with Gasteiger partial charge in [0.15, 0.2) is 5.82 Å². The molecule has 2 aromatic rings. The number of methoxy groups -OCH3 is 2. The highest BCUT2D eigenvalue weighted by molar-refractivity contribution is 6.05. The van der Waals surface area contributed by atoms with Gasteiger partial charge in [0, 0.05) is 30.0 Å². The Morgan fingerprint density at radius 3 is 2.60 bits per heavy atom. The highest BCUT2D eigenvalue weighted by Gasteiger charge is 2.67. The van der Waals surface area contributed by atoms with Crippen molar-refractivity contribution in [3.8, 4) is 11.5 Å². The van der Waals surface area contributed by atoms with Crippen molar-refractivity contribution in [2.45, 2.75) is 18.6 Å². The number of benzene rings is 1. The minimum atomic E-state index is -0.831. The first-order valence-electron chi connectivity index (χ1n) is 9.60. The molecule has 3 aliphatic heterocycles. The molecule has 30 heavy (non-hydrogen) atoms. The fraction of sp³-hybridized carbons (Fsp3) is 0.381. The van der Waals surface area contributed by atoms with E-state index in [-0.39, 0.29) is 11.8 Å². The van der Waals surface area contributed by atoms with Crippen molar-refractivity contribution < 1.29 is 28.3 Å². The van der Waals surface area contributed by atoms with Crippen LogP contribution in [0.1, 0.15) is 5.76 Å². The van der Waals surface area contributed by atoms with Gasteiger partial charge in [-0.05, 0) is 6.92 Å². The summed E-state index contributed by atoms with van der Waals surface area (Å²) in [5, 5.41) is 6.84. The van der Waals surface area contributed by atoms with E-state index in [0.29, 0.717) is 35.3 Å². The van der Waals surface area contributed by atoms with Crippen LogP contribution in [0.3, 0.4) is 0 Å². The summed E-state index contributed by atoms with van der Waals surface area (Å²) in [7, 11) is 3.08. The summed E-state index contributed by atoms with van der Waals surface area (Å²) < 4.78 is 21.8. The standard InChI is InChI=1S/C21H21N3O6/c1-11-6-16(23-30-11)24-10-21-5-4-15(29-21)17(18(21)20(24)26)19(25)22-12-7-13(27-2)9-14(8-12)28-3/h4-9,15,17-18H,10H2,1-3H3,(H,22,25)/t15-,17?,18?,21?/m1/s1. The number of rotatable bonds is 5. The molecule has 0 saturated carbocycles. The molecule has 2 saturated heterocycles. The largest absolute Gasteiger partial charge is 0.497 e. The third kappa shape index (κ3) is 2.69. The molecule has 3 unspecified atom stereocenters. The molecule has 2 fully saturated rings. The smallest absolute Gasteiger partial charge is 0.235 e. The van der Waals surface area contributed by atoms with Crippen molar-refractivity contribution in [1.29, 1.82) is 0 Å². The van der Waals surface area contributed by atoms with E-state index >= 15 is 0 Å². The van der Waals surface area contributed by atoms with E-state index < -0.39 is 23.5 Å². The fourth-order valence-corrected chi connectivity index (χ4v) is 4.58. The Balaban J connectivity index is 1.42. The van der Waals surface area contributed by atoms with Crippen LogP contribution in [0, 0.1) is 18.8 Å². The Bertz CT molecular complexity index is 1040. The molecule has 1 N–H and O–H groups in total. The molecule has 1 aromatic carbocycles. The average Bonchev–Trinajstić information content (AvgIpc) is 3.48. The van der Waals surface area contributed by atoms with Gasteiger partial charge >= 0.3 is 0 Å². The second-order valence-corrected chi connectivity index (χ2v) is 7.71. The summed E-state index contributed by atoms with van der Waals surface area (Å²) in [5.74, 6) is 0.364. The number of hydrogen-bond donors (Lipinski definition) is 1. The second-order valence-electron chi connectivity index (χ2n) is 7.71. The van der Waals surface area contributed by atoms with Gasteiger partial charge in [0.25, 0.3) is 0 Å². The number of aromatic nitrogens is 1. The van der Waals surface area contributed by atoms with Crippen molar-refractivity contribution in [1.82, 2.24) is 5.16 Å². The van der Waals surface area contributed by atoms with E-state index in [0.717, 1.165) is 0 Å². The summed E-state index contributed by atoms with van der Waals surface area (Å²) >= 11 is 0. The maximum absolute atomic E-state index is 13.3. The predicted octanol–water partition coefficient (Wildman–Crippen LogP) is 1.93. The predicted molar refractivity (Wildman–Crippen MR) is 105 cm³/mol. The lowest BCUT2D eigenvalue weighted by Crippen LogP contribution is -2.41. The first kappa shape index (κ1) is 18.7. The van der Waals surface area contributed by atoms with Gasteiger partial charge in [0.05, 0.1) is 38.7 Å². The SMILES string of the molecule is COc1cc(NC(=O)C2C3C(=O)N(c4cc(C)on4)CC34C=C[C@H]2O4)cc(OC)c1. The van der Waals surface area contributed by atoms with Gasteiger partial charge in [-0.2, -0.15) is 0 Å². The molecular formula is C21H21N3O6.